The predicted molar refractivity (Wildman–Crippen MR) is 81.1 cm³/mol. The highest BCUT2D eigenvalue weighted by Gasteiger charge is 2.01. The minimum Gasteiger partial charge on any atom is -0.507 e. The summed E-state index contributed by atoms with van der Waals surface area (Å²) in [6, 6.07) is 12.8. The standard InChI is InChI=1S/C14H12INO2/c1-18-11-6-7-14(17)10(8-11)9-16-13-5-3-2-4-12(13)15/h2-9,17H,1H3. The van der Waals surface area contributed by atoms with Crippen molar-refractivity contribution in [2.24, 2.45) is 4.99 Å². The second-order valence-corrected chi connectivity index (χ2v) is 4.80. The maximum atomic E-state index is 9.73. The Morgan fingerprint density at radius 3 is 2.72 bits per heavy atom. The molecule has 0 unspecified atom stereocenters. The number of hydrogen-bond donors (Lipinski definition) is 1. The number of ether oxygens (including phenoxy) is 1. The van der Waals surface area contributed by atoms with E-state index in [4.69, 9.17) is 4.74 Å². The first-order valence-corrected chi connectivity index (χ1v) is 6.44. The first kappa shape index (κ1) is 12.9. The van der Waals surface area contributed by atoms with Gasteiger partial charge < -0.3 is 9.84 Å². The number of para-hydroxylation sites is 1. The quantitative estimate of drug-likeness (QED) is 0.675. The molecule has 0 bridgehead atoms. The number of rotatable bonds is 3. The van der Waals surface area contributed by atoms with Crippen LogP contribution >= 0.6 is 22.6 Å². The summed E-state index contributed by atoms with van der Waals surface area (Å²) in [6.07, 6.45) is 1.63. The summed E-state index contributed by atoms with van der Waals surface area (Å²) in [5, 5.41) is 9.73. The van der Waals surface area contributed by atoms with Gasteiger partial charge in [0, 0.05) is 15.3 Å². The molecule has 18 heavy (non-hydrogen) atoms. The average Bonchev–Trinajstić information content (AvgIpc) is 2.39. The van der Waals surface area contributed by atoms with Crippen LogP contribution in [0, 0.1) is 3.57 Å². The molecule has 2 aromatic carbocycles. The van der Waals surface area contributed by atoms with Crippen molar-refractivity contribution < 1.29 is 9.84 Å². The van der Waals surface area contributed by atoms with Gasteiger partial charge >= 0.3 is 0 Å². The number of halogens is 1. The molecule has 0 atom stereocenters. The molecule has 4 heteroatoms. The predicted octanol–water partition coefficient (Wildman–Crippen LogP) is 3.76. The number of phenolic OH excluding ortho intramolecular Hbond substituents is 1. The Balaban J connectivity index is 2.31. The zero-order chi connectivity index (χ0) is 13.0. The van der Waals surface area contributed by atoms with Crippen molar-refractivity contribution in [2.45, 2.75) is 0 Å². The van der Waals surface area contributed by atoms with Crippen LogP contribution in [0.25, 0.3) is 0 Å². The van der Waals surface area contributed by atoms with Crippen molar-refractivity contribution in [3.63, 3.8) is 0 Å². The summed E-state index contributed by atoms with van der Waals surface area (Å²) >= 11 is 2.22. The third-order valence-corrected chi connectivity index (χ3v) is 3.34. The summed E-state index contributed by atoms with van der Waals surface area (Å²) in [5.74, 6) is 0.877. The summed E-state index contributed by atoms with van der Waals surface area (Å²) in [5.41, 5.74) is 1.51. The van der Waals surface area contributed by atoms with Crippen LogP contribution < -0.4 is 4.74 Å². The van der Waals surface area contributed by atoms with Crippen molar-refractivity contribution >= 4 is 34.5 Å². The van der Waals surface area contributed by atoms with E-state index in [0.29, 0.717) is 11.3 Å². The molecule has 0 aromatic heterocycles. The fraction of sp³-hybridized carbons (Fsp3) is 0.0714. The molecule has 0 fully saturated rings. The van der Waals surface area contributed by atoms with Gasteiger partial charge in [-0.25, -0.2) is 0 Å². The Bertz CT molecular complexity index is 582. The van der Waals surface area contributed by atoms with Gasteiger partial charge in [0.15, 0.2) is 0 Å². The van der Waals surface area contributed by atoms with Crippen LogP contribution in [0.15, 0.2) is 47.5 Å². The molecular formula is C14H12INO2. The average molecular weight is 353 g/mol. The van der Waals surface area contributed by atoms with E-state index in [2.05, 4.69) is 27.6 Å². The van der Waals surface area contributed by atoms with Gasteiger partial charge in [0.1, 0.15) is 11.5 Å². The van der Waals surface area contributed by atoms with Crippen molar-refractivity contribution in [2.75, 3.05) is 7.11 Å². The number of benzene rings is 2. The molecule has 3 nitrogen and oxygen atoms in total. The highest BCUT2D eigenvalue weighted by Crippen LogP contribution is 2.24. The molecule has 2 rings (SSSR count). The number of methoxy groups -OCH3 is 1. The van der Waals surface area contributed by atoms with E-state index in [1.807, 2.05) is 24.3 Å². The van der Waals surface area contributed by atoms with Gasteiger partial charge in [-0.2, -0.15) is 0 Å². The maximum absolute atomic E-state index is 9.73. The number of aliphatic imine (C=N–C) groups is 1. The number of aromatic hydroxyl groups is 1. The first-order valence-electron chi connectivity index (χ1n) is 5.36. The van der Waals surface area contributed by atoms with Crippen molar-refractivity contribution in [3.05, 3.63) is 51.6 Å². The van der Waals surface area contributed by atoms with Gasteiger partial charge in [0.25, 0.3) is 0 Å². The van der Waals surface area contributed by atoms with Crippen LogP contribution in [0.2, 0.25) is 0 Å². The third kappa shape index (κ3) is 3.01. The van der Waals surface area contributed by atoms with E-state index < -0.39 is 0 Å². The molecule has 0 aliphatic heterocycles. The fourth-order valence-electron chi connectivity index (χ4n) is 1.46. The van der Waals surface area contributed by atoms with E-state index in [1.54, 1.807) is 31.5 Å². The molecule has 92 valence electrons. The molecule has 0 saturated heterocycles. The molecule has 0 aliphatic carbocycles. The van der Waals surface area contributed by atoms with Crippen LogP contribution in [0.4, 0.5) is 5.69 Å². The zero-order valence-electron chi connectivity index (χ0n) is 9.80. The zero-order valence-corrected chi connectivity index (χ0v) is 12.0. The van der Waals surface area contributed by atoms with Gasteiger partial charge in [-0.3, -0.25) is 4.99 Å². The Morgan fingerprint density at radius 1 is 1.22 bits per heavy atom. The van der Waals surface area contributed by atoms with Gasteiger partial charge in [-0.15, -0.1) is 0 Å². The van der Waals surface area contributed by atoms with E-state index in [0.717, 1.165) is 9.26 Å². The van der Waals surface area contributed by atoms with E-state index in [1.165, 1.54) is 0 Å². The lowest BCUT2D eigenvalue weighted by Crippen LogP contribution is -1.87. The third-order valence-electron chi connectivity index (χ3n) is 2.43. The van der Waals surface area contributed by atoms with Gasteiger partial charge in [-0.05, 0) is 52.9 Å². The normalized spacial score (nSPS) is 10.8. The molecule has 0 aliphatic rings. The Kier molecular flexibility index (Phi) is 4.19. The molecule has 0 spiro atoms. The van der Waals surface area contributed by atoms with E-state index >= 15 is 0 Å². The highest BCUT2D eigenvalue weighted by atomic mass is 127. The Labute approximate surface area is 119 Å². The van der Waals surface area contributed by atoms with Crippen LogP contribution in [0.1, 0.15) is 5.56 Å². The Hall–Kier alpha value is -1.56. The topological polar surface area (TPSA) is 41.8 Å². The smallest absolute Gasteiger partial charge is 0.124 e. The Morgan fingerprint density at radius 2 is 2.00 bits per heavy atom. The van der Waals surface area contributed by atoms with Crippen LogP contribution in [0.5, 0.6) is 11.5 Å². The molecule has 0 amide bonds. The fourth-order valence-corrected chi connectivity index (χ4v) is 1.99. The number of hydrogen-bond acceptors (Lipinski definition) is 3. The number of phenols is 1. The molecule has 2 aromatic rings. The first-order chi connectivity index (χ1) is 8.70. The molecular weight excluding hydrogens is 341 g/mol. The SMILES string of the molecule is COc1ccc(O)c(C=Nc2ccccc2I)c1. The lowest BCUT2D eigenvalue weighted by Gasteiger charge is -2.03. The minimum atomic E-state index is 0.186. The molecule has 1 N–H and O–H groups in total. The summed E-state index contributed by atoms with van der Waals surface area (Å²) in [7, 11) is 1.59. The monoisotopic (exact) mass is 353 g/mol. The summed E-state index contributed by atoms with van der Waals surface area (Å²) < 4.78 is 6.17. The lowest BCUT2D eigenvalue weighted by atomic mass is 10.2. The molecule has 0 heterocycles. The second kappa shape index (κ2) is 5.86. The van der Waals surface area contributed by atoms with Crippen molar-refractivity contribution in [1.29, 1.82) is 0 Å². The number of nitrogens with zero attached hydrogens (tertiary/aromatic N) is 1. The molecule has 0 saturated carbocycles. The lowest BCUT2D eigenvalue weighted by molar-refractivity contribution is 0.412. The summed E-state index contributed by atoms with van der Waals surface area (Å²) in [6.45, 7) is 0. The highest BCUT2D eigenvalue weighted by molar-refractivity contribution is 14.1. The van der Waals surface area contributed by atoms with Crippen molar-refractivity contribution in [3.8, 4) is 11.5 Å². The minimum absolute atomic E-state index is 0.186. The van der Waals surface area contributed by atoms with E-state index in [-0.39, 0.29) is 5.75 Å². The van der Waals surface area contributed by atoms with Crippen LogP contribution in [-0.2, 0) is 0 Å². The summed E-state index contributed by atoms with van der Waals surface area (Å²) in [4.78, 5) is 4.36. The molecule has 0 radical (unpaired) electrons. The van der Waals surface area contributed by atoms with E-state index in [9.17, 15) is 5.11 Å². The van der Waals surface area contributed by atoms with Crippen molar-refractivity contribution in [1.82, 2.24) is 0 Å². The van der Waals surface area contributed by atoms with Gasteiger partial charge in [0.2, 0.25) is 0 Å². The second-order valence-electron chi connectivity index (χ2n) is 3.63. The van der Waals surface area contributed by atoms with Gasteiger partial charge in [-0.1, -0.05) is 12.1 Å². The van der Waals surface area contributed by atoms with Gasteiger partial charge in [0.05, 0.1) is 12.8 Å². The maximum Gasteiger partial charge on any atom is 0.124 e. The van der Waals surface area contributed by atoms with Crippen LogP contribution in [0.3, 0.4) is 0 Å². The largest absolute Gasteiger partial charge is 0.507 e. The van der Waals surface area contributed by atoms with Crippen LogP contribution in [-0.4, -0.2) is 18.4 Å².